The maximum Gasteiger partial charge on any atom is 0.314 e. The zero-order valence-electron chi connectivity index (χ0n) is 19.9. The first-order valence-corrected chi connectivity index (χ1v) is 12.7. The zero-order chi connectivity index (χ0) is 25.3. The predicted octanol–water partition coefficient (Wildman–Crippen LogP) is 1.86. The normalized spacial score (nSPS) is 24.2. The van der Waals surface area contributed by atoms with Gasteiger partial charge in [-0.05, 0) is 43.9 Å². The largest absolute Gasteiger partial charge is 0.390 e. The molecule has 2 aliphatic rings. The van der Waals surface area contributed by atoms with E-state index in [9.17, 15) is 14.7 Å². The second-order valence-corrected chi connectivity index (χ2v) is 10.4. The molecule has 3 amide bonds. The van der Waals surface area contributed by atoms with E-state index in [4.69, 9.17) is 10.5 Å². The van der Waals surface area contributed by atoms with Gasteiger partial charge in [0.2, 0.25) is 5.91 Å². The van der Waals surface area contributed by atoms with Crippen LogP contribution in [0.15, 0.2) is 30.6 Å². The molecular formula is C24H29N7O4S. The highest BCUT2D eigenvalue weighted by Crippen LogP contribution is 2.31. The minimum atomic E-state index is -0.963. The molecule has 12 heteroatoms. The summed E-state index contributed by atoms with van der Waals surface area (Å²) in [4.78, 5) is 39.4. The van der Waals surface area contributed by atoms with Crippen LogP contribution in [0.4, 0.5) is 9.93 Å². The van der Waals surface area contributed by atoms with Crippen LogP contribution < -0.4 is 16.4 Å². The summed E-state index contributed by atoms with van der Waals surface area (Å²) in [5.74, 6) is 0.297. The topological polar surface area (TPSA) is 156 Å². The molecule has 1 saturated heterocycles. The van der Waals surface area contributed by atoms with Crippen molar-refractivity contribution < 1.29 is 19.4 Å². The van der Waals surface area contributed by atoms with Crippen molar-refractivity contribution in [3.8, 4) is 11.1 Å². The lowest BCUT2D eigenvalue weighted by Gasteiger charge is -2.39. The van der Waals surface area contributed by atoms with Gasteiger partial charge in [-0.1, -0.05) is 17.4 Å². The highest BCUT2D eigenvalue weighted by Gasteiger charge is 2.39. The number of urea groups is 1. The molecule has 36 heavy (non-hydrogen) atoms. The monoisotopic (exact) mass is 511 g/mol. The lowest BCUT2D eigenvalue weighted by molar-refractivity contribution is -0.123. The number of carbonyl (C=O) groups is 2. The van der Waals surface area contributed by atoms with Crippen LogP contribution in [0.1, 0.15) is 32.0 Å². The van der Waals surface area contributed by atoms with E-state index in [0.717, 1.165) is 40.6 Å². The van der Waals surface area contributed by atoms with Crippen molar-refractivity contribution in [1.29, 1.82) is 0 Å². The molecule has 0 unspecified atom stereocenters. The molecule has 11 nitrogen and oxygen atoms in total. The highest BCUT2D eigenvalue weighted by atomic mass is 32.1. The lowest BCUT2D eigenvalue weighted by atomic mass is 9.98. The molecule has 3 heterocycles. The molecule has 1 aliphatic carbocycles. The Morgan fingerprint density at radius 2 is 2.11 bits per heavy atom. The molecule has 0 bridgehead atoms. The number of hydrogen-bond acceptors (Lipinski definition) is 9. The van der Waals surface area contributed by atoms with Crippen LogP contribution in [-0.4, -0.2) is 74.3 Å². The Bertz CT molecular complexity index is 1270. The summed E-state index contributed by atoms with van der Waals surface area (Å²) >= 11 is 1.37. The molecule has 1 aromatic carbocycles. The average molecular weight is 512 g/mol. The number of nitrogens with two attached hydrogens (primary N) is 1. The van der Waals surface area contributed by atoms with Crippen LogP contribution in [0.25, 0.3) is 21.3 Å². The number of rotatable bonds is 6. The second-order valence-electron chi connectivity index (χ2n) is 9.41. The molecule has 1 aliphatic heterocycles. The highest BCUT2D eigenvalue weighted by molar-refractivity contribution is 7.22. The van der Waals surface area contributed by atoms with Gasteiger partial charge in [-0.25, -0.2) is 19.7 Å². The number of piperazine rings is 1. The number of aliphatic hydroxyl groups is 1. The third-order valence-electron chi connectivity index (χ3n) is 6.71. The minimum absolute atomic E-state index is 0.143. The van der Waals surface area contributed by atoms with Crippen LogP contribution in [0, 0.1) is 0 Å². The van der Waals surface area contributed by atoms with E-state index < -0.39 is 17.7 Å². The lowest BCUT2D eigenvalue weighted by Crippen LogP contribution is -2.65. The number of thiazole rings is 1. The molecular weight excluding hydrogens is 482 g/mol. The van der Waals surface area contributed by atoms with E-state index in [0.29, 0.717) is 24.0 Å². The van der Waals surface area contributed by atoms with E-state index >= 15 is 0 Å². The summed E-state index contributed by atoms with van der Waals surface area (Å²) < 4.78 is 6.67. The van der Waals surface area contributed by atoms with E-state index in [-0.39, 0.29) is 25.2 Å². The van der Waals surface area contributed by atoms with Crippen molar-refractivity contribution in [2.75, 3.05) is 25.0 Å². The van der Waals surface area contributed by atoms with Crippen LogP contribution in [-0.2, 0) is 16.1 Å². The maximum absolute atomic E-state index is 13.0. The van der Waals surface area contributed by atoms with Crippen molar-refractivity contribution in [3.05, 3.63) is 36.4 Å². The Morgan fingerprint density at radius 3 is 2.83 bits per heavy atom. The molecule has 0 radical (unpaired) electrons. The van der Waals surface area contributed by atoms with Gasteiger partial charge in [0.25, 0.3) is 0 Å². The third kappa shape index (κ3) is 5.16. The second kappa shape index (κ2) is 10.1. The van der Waals surface area contributed by atoms with Crippen LogP contribution >= 0.6 is 11.3 Å². The Kier molecular flexibility index (Phi) is 6.84. The number of carbonyl (C=O) groups excluding carboxylic acids is 2. The molecule has 5 rings (SSSR count). The van der Waals surface area contributed by atoms with Gasteiger partial charge in [0, 0.05) is 37.6 Å². The first-order chi connectivity index (χ1) is 17.3. The predicted molar refractivity (Wildman–Crippen MR) is 135 cm³/mol. The fraction of sp³-hybridized carbons (Fsp3) is 0.458. The smallest absolute Gasteiger partial charge is 0.314 e. The Balaban J connectivity index is 1.25. The van der Waals surface area contributed by atoms with Crippen LogP contribution in [0.5, 0.6) is 0 Å². The van der Waals surface area contributed by atoms with Crippen molar-refractivity contribution in [3.63, 3.8) is 0 Å². The maximum atomic E-state index is 13.0. The number of benzene rings is 1. The van der Waals surface area contributed by atoms with Crippen molar-refractivity contribution in [2.24, 2.45) is 5.73 Å². The molecule has 5 N–H and O–H groups in total. The van der Waals surface area contributed by atoms with E-state index in [1.165, 1.54) is 16.2 Å². The number of hydrogen-bond donors (Lipinski definition) is 4. The van der Waals surface area contributed by atoms with E-state index in [2.05, 4.69) is 25.6 Å². The fourth-order valence-corrected chi connectivity index (χ4v) is 5.48. The summed E-state index contributed by atoms with van der Waals surface area (Å²) in [5, 5.41) is 16.4. The zero-order valence-corrected chi connectivity index (χ0v) is 20.8. The number of primary amides is 1. The molecule has 0 spiro atoms. The number of aliphatic hydroxyl groups excluding tert-OH is 1. The molecule has 1 saturated carbocycles. The number of nitrogens with zero attached hydrogens (tertiary/aromatic N) is 4. The van der Waals surface area contributed by atoms with Gasteiger partial charge in [-0.2, -0.15) is 0 Å². The number of anilines is 1. The van der Waals surface area contributed by atoms with Gasteiger partial charge in [0.05, 0.1) is 22.4 Å². The molecule has 2 aromatic heterocycles. The number of amides is 3. The van der Waals surface area contributed by atoms with Gasteiger partial charge < -0.3 is 31.1 Å². The van der Waals surface area contributed by atoms with Crippen molar-refractivity contribution in [2.45, 2.75) is 50.5 Å². The number of aromatic nitrogens is 3. The standard InChI is InChI=1S/C24H29N7O4S/c1-24(13-31(22(25)34)8-7-28-24)21(33)30-23-29-16-6-5-14(9-19(16)36-23)15-10-26-20(27-11-15)12-35-18-4-2-3-17(18)32/h5-6,9-11,17-18,28,32H,2-4,7-8,12-13H2,1H3,(H2,25,34)(H,29,30,33)/t17-,18-,24+/m0/s1. The molecule has 190 valence electrons. The molecule has 3 atom stereocenters. The first-order valence-electron chi connectivity index (χ1n) is 11.9. The average Bonchev–Trinajstić information content (AvgIpc) is 3.47. The van der Waals surface area contributed by atoms with Gasteiger partial charge in [-0.15, -0.1) is 0 Å². The summed E-state index contributed by atoms with van der Waals surface area (Å²) in [5.41, 5.74) is 6.99. The van der Waals surface area contributed by atoms with Crippen molar-refractivity contribution in [1.82, 2.24) is 25.2 Å². The Labute approximate surface area is 212 Å². The van der Waals surface area contributed by atoms with E-state index in [1.54, 1.807) is 19.3 Å². The Hall–Kier alpha value is -3.19. The molecule has 3 aromatic rings. The minimum Gasteiger partial charge on any atom is -0.390 e. The number of fused-ring (bicyclic) bond motifs is 1. The van der Waals surface area contributed by atoms with E-state index in [1.807, 2.05) is 18.2 Å². The van der Waals surface area contributed by atoms with Gasteiger partial charge in [0.15, 0.2) is 11.0 Å². The summed E-state index contributed by atoms with van der Waals surface area (Å²) in [6, 6.07) is 5.28. The summed E-state index contributed by atoms with van der Waals surface area (Å²) in [6.45, 7) is 3.14. The quantitative estimate of drug-likeness (QED) is 0.391. The SMILES string of the molecule is C[C@]1(C(=O)Nc2nc3ccc(-c4cnc(CO[C@H]5CCC[C@@H]5O)nc4)cc3s2)CN(C(N)=O)CCN1. The summed E-state index contributed by atoms with van der Waals surface area (Å²) in [7, 11) is 0. The first kappa shape index (κ1) is 24.5. The number of ether oxygens (including phenoxy) is 1. The van der Waals surface area contributed by atoms with Gasteiger partial charge in [-0.3, -0.25) is 4.79 Å². The fourth-order valence-electron chi connectivity index (χ4n) is 4.58. The van der Waals surface area contributed by atoms with Gasteiger partial charge >= 0.3 is 6.03 Å². The van der Waals surface area contributed by atoms with Crippen LogP contribution in [0.2, 0.25) is 0 Å². The van der Waals surface area contributed by atoms with Gasteiger partial charge in [0.1, 0.15) is 12.1 Å². The van der Waals surface area contributed by atoms with Crippen LogP contribution in [0.3, 0.4) is 0 Å². The third-order valence-corrected chi connectivity index (χ3v) is 7.64. The summed E-state index contributed by atoms with van der Waals surface area (Å²) in [6.07, 6.45) is 5.56. The Morgan fingerprint density at radius 1 is 1.31 bits per heavy atom. The molecule has 2 fully saturated rings. The van der Waals surface area contributed by atoms with Crippen molar-refractivity contribution >= 4 is 38.6 Å². The number of nitrogens with one attached hydrogen (secondary N) is 2.